The van der Waals surface area contributed by atoms with Gasteiger partial charge in [-0.05, 0) is 19.8 Å². The Hall–Kier alpha value is -1.13. The van der Waals surface area contributed by atoms with Crippen LogP contribution in [0.5, 0.6) is 0 Å². The van der Waals surface area contributed by atoms with Gasteiger partial charge in [-0.3, -0.25) is 4.79 Å². The quantitative estimate of drug-likeness (QED) is 0.589. The van der Waals surface area contributed by atoms with Crippen molar-refractivity contribution in [3.05, 3.63) is 24.3 Å². The fraction of sp³-hybridized carbons (Fsp3) is 0.615. The molecule has 0 bridgehead atoms. The standard InChI is InChI=1S/C13H22N2O2/c1-3-4-5-6-13(16)15-8-7-12(17-2)9-11(15)10-14/h3-6,11-12H,7-10,14H2,1-2H3/b4-3?,6-5+. The summed E-state index contributed by atoms with van der Waals surface area (Å²) in [6.45, 7) is 3.13. The summed E-state index contributed by atoms with van der Waals surface area (Å²) in [5, 5.41) is 0. The number of hydrogen-bond acceptors (Lipinski definition) is 3. The number of ether oxygens (including phenoxy) is 1. The number of carbonyl (C=O) groups is 1. The van der Waals surface area contributed by atoms with Crippen LogP contribution in [-0.4, -0.2) is 43.2 Å². The van der Waals surface area contributed by atoms with Crippen molar-refractivity contribution in [2.24, 2.45) is 5.73 Å². The zero-order valence-electron chi connectivity index (χ0n) is 10.6. The maximum Gasteiger partial charge on any atom is 0.246 e. The summed E-state index contributed by atoms with van der Waals surface area (Å²) in [5.41, 5.74) is 5.72. The normalized spacial score (nSPS) is 25.9. The molecule has 1 saturated heterocycles. The maximum absolute atomic E-state index is 11.9. The third-order valence-corrected chi connectivity index (χ3v) is 3.10. The first-order chi connectivity index (χ1) is 8.22. The van der Waals surface area contributed by atoms with E-state index in [0.717, 1.165) is 19.4 Å². The smallest absolute Gasteiger partial charge is 0.246 e. The molecule has 1 heterocycles. The van der Waals surface area contributed by atoms with Crippen molar-refractivity contribution in [1.29, 1.82) is 0 Å². The lowest BCUT2D eigenvalue weighted by Crippen LogP contribution is -2.50. The summed E-state index contributed by atoms with van der Waals surface area (Å²) >= 11 is 0. The maximum atomic E-state index is 11.9. The number of carbonyl (C=O) groups excluding carboxylic acids is 1. The molecular weight excluding hydrogens is 216 g/mol. The zero-order valence-corrected chi connectivity index (χ0v) is 10.6. The minimum atomic E-state index is 0.0353. The van der Waals surface area contributed by atoms with Gasteiger partial charge in [-0.25, -0.2) is 0 Å². The fourth-order valence-corrected chi connectivity index (χ4v) is 2.09. The summed E-state index contributed by atoms with van der Waals surface area (Å²) in [7, 11) is 1.71. The first kappa shape index (κ1) is 13.9. The van der Waals surface area contributed by atoms with Gasteiger partial charge in [0.25, 0.3) is 0 Å². The lowest BCUT2D eigenvalue weighted by atomic mass is 9.99. The molecule has 2 unspecified atom stereocenters. The van der Waals surface area contributed by atoms with Crippen LogP contribution in [0.15, 0.2) is 24.3 Å². The molecule has 0 saturated carbocycles. The van der Waals surface area contributed by atoms with Crippen molar-refractivity contribution in [1.82, 2.24) is 4.90 Å². The molecule has 1 fully saturated rings. The van der Waals surface area contributed by atoms with Crippen LogP contribution in [-0.2, 0) is 9.53 Å². The molecular formula is C13H22N2O2. The van der Waals surface area contributed by atoms with E-state index in [2.05, 4.69) is 0 Å². The average Bonchev–Trinajstić information content (AvgIpc) is 2.38. The highest BCUT2D eigenvalue weighted by atomic mass is 16.5. The molecule has 0 spiro atoms. The third kappa shape index (κ3) is 3.98. The first-order valence-corrected chi connectivity index (χ1v) is 6.05. The summed E-state index contributed by atoms with van der Waals surface area (Å²) in [5.74, 6) is 0.0353. The van der Waals surface area contributed by atoms with Gasteiger partial charge in [-0.2, -0.15) is 0 Å². The second-order valence-corrected chi connectivity index (χ2v) is 4.19. The van der Waals surface area contributed by atoms with Gasteiger partial charge in [0, 0.05) is 32.3 Å². The van der Waals surface area contributed by atoms with Gasteiger partial charge < -0.3 is 15.4 Å². The Kier molecular flexibility index (Phi) is 5.94. The van der Waals surface area contributed by atoms with Crippen molar-refractivity contribution in [3.63, 3.8) is 0 Å². The molecule has 0 aliphatic carbocycles. The number of allylic oxidation sites excluding steroid dienone is 3. The van der Waals surface area contributed by atoms with Crippen LogP contribution in [0.4, 0.5) is 0 Å². The molecule has 4 heteroatoms. The van der Waals surface area contributed by atoms with Crippen LogP contribution in [0.25, 0.3) is 0 Å². The molecule has 0 aromatic heterocycles. The topological polar surface area (TPSA) is 55.6 Å². The second kappa shape index (κ2) is 7.25. The molecule has 2 atom stereocenters. The summed E-state index contributed by atoms with van der Waals surface area (Å²) in [4.78, 5) is 13.8. The van der Waals surface area contributed by atoms with Gasteiger partial charge in [0.2, 0.25) is 5.91 Å². The molecule has 2 N–H and O–H groups in total. The molecule has 1 aliphatic rings. The number of amides is 1. The Bertz CT molecular complexity index is 300. The summed E-state index contributed by atoms with van der Waals surface area (Å²) < 4.78 is 5.33. The van der Waals surface area contributed by atoms with Crippen LogP contribution in [0, 0.1) is 0 Å². The Morgan fingerprint density at radius 3 is 2.88 bits per heavy atom. The highest BCUT2D eigenvalue weighted by molar-refractivity contribution is 5.88. The van der Waals surface area contributed by atoms with E-state index in [0.29, 0.717) is 6.54 Å². The van der Waals surface area contributed by atoms with Gasteiger partial charge in [-0.1, -0.05) is 18.2 Å². The molecule has 0 aromatic carbocycles. The van der Waals surface area contributed by atoms with E-state index < -0.39 is 0 Å². The van der Waals surface area contributed by atoms with E-state index in [1.165, 1.54) is 0 Å². The number of nitrogens with two attached hydrogens (primary N) is 1. The lowest BCUT2D eigenvalue weighted by Gasteiger charge is -2.37. The summed E-state index contributed by atoms with van der Waals surface area (Å²) in [6, 6.07) is 0.0939. The van der Waals surface area contributed by atoms with Crippen LogP contribution < -0.4 is 5.73 Å². The number of methoxy groups -OCH3 is 1. The largest absolute Gasteiger partial charge is 0.381 e. The van der Waals surface area contributed by atoms with Crippen molar-refractivity contribution >= 4 is 5.91 Å². The first-order valence-electron chi connectivity index (χ1n) is 6.05. The van der Waals surface area contributed by atoms with Crippen LogP contribution in [0.3, 0.4) is 0 Å². The molecule has 4 nitrogen and oxygen atoms in total. The van der Waals surface area contributed by atoms with Crippen LogP contribution >= 0.6 is 0 Å². The molecule has 1 rings (SSSR count). The van der Waals surface area contributed by atoms with Gasteiger partial charge in [0.15, 0.2) is 0 Å². The minimum Gasteiger partial charge on any atom is -0.381 e. The SMILES string of the molecule is CC=C/C=C/C(=O)N1CCC(OC)CC1CN. The molecule has 17 heavy (non-hydrogen) atoms. The van der Waals surface area contributed by atoms with E-state index in [4.69, 9.17) is 10.5 Å². The summed E-state index contributed by atoms with van der Waals surface area (Å²) in [6.07, 6.45) is 9.03. The lowest BCUT2D eigenvalue weighted by molar-refractivity contribution is -0.131. The van der Waals surface area contributed by atoms with E-state index >= 15 is 0 Å². The fourth-order valence-electron chi connectivity index (χ4n) is 2.09. The van der Waals surface area contributed by atoms with E-state index in [9.17, 15) is 4.79 Å². The molecule has 96 valence electrons. The van der Waals surface area contributed by atoms with Crippen molar-refractivity contribution < 1.29 is 9.53 Å². The second-order valence-electron chi connectivity index (χ2n) is 4.19. The zero-order chi connectivity index (χ0) is 12.7. The number of nitrogens with zero attached hydrogens (tertiary/aromatic N) is 1. The number of piperidine rings is 1. The van der Waals surface area contributed by atoms with E-state index in [-0.39, 0.29) is 18.1 Å². The average molecular weight is 238 g/mol. The predicted molar refractivity (Wildman–Crippen MR) is 68.5 cm³/mol. The van der Waals surface area contributed by atoms with Gasteiger partial charge in [-0.15, -0.1) is 0 Å². The van der Waals surface area contributed by atoms with Gasteiger partial charge in [0.05, 0.1) is 6.10 Å². The number of hydrogen-bond donors (Lipinski definition) is 1. The van der Waals surface area contributed by atoms with Crippen molar-refractivity contribution in [2.75, 3.05) is 20.2 Å². The molecule has 0 aromatic rings. The van der Waals surface area contributed by atoms with Gasteiger partial charge in [0.1, 0.15) is 0 Å². The number of likely N-dealkylation sites (tertiary alicyclic amines) is 1. The predicted octanol–water partition coefficient (Wildman–Crippen LogP) is 1.08. The molecule has 0 radical (unpaired) electrons. The van der Waals surface area contributed by atoms with Crippen LogP contribution in [0.1, 0.15) is 19.8 Å². The minimum absolute atomic E-state index is 0.0353. The van der Waals surface area contributed by atoms with Crippen molar-refractivity contribution in [2.45, 2.75) is 31.9 Å². The molecule has 1 aliphatic heterocycles. The Morgan fingerprint density at radius 2 is 2.29 bits per heavy atom. The van der Waals surface area contributed by atoms with Crippen molar-refractivity contribution in [3.8, 4) is 0 Å². The van der Waals surface area contributed by atoms with E-state index in [1.54, 1.807) is 19.3 Å². The van der Waals surface area contributed by atoms with E-state index in [1.807, 2.05) is 24.0 Å². The third-order valence-electron chi connectivity index (χ3n) is 3.10. The van der Waals surface area contributed by atoms with Gasteiger partial charge >= 0.3 is 0 Å². The Balaban J connectivity index is 2.60. The van der Waals surface area contributed by atoms with Crippen LogP contribution in [0.2, 0.25) is 0 Å². The monoisotopic (exact) mass is 238 g/mol. The number of rotatable bonds is 4. The highest BCUT2D eigenvalue weighted by Gasteiger charge is 2.29. The highest BCUT2D eigenvalue weighted by Crippen LogP contribution is 2.19. The molecule has 1 amide bonds. The Labute approximate surface area is 103 Å². The Morgan fingerprint density at radius 1 is 1.53 bits per heavy atom.